The zero-order valence-electron chi connectivity index (χ0n) is 10.3. The first-order valence-electron chi connectivity index (χ1n) is 6.29. The van der Waals surface area contributed by atoms with Gasteiger partial charge in [0.05, 0.1) is 31.3 Å². The average molecular weight is 341 g/mol. The van der Waals surface area contributed by atoms with Crippen molar-refractivity contribution in [2.24, 2.45) is 0 Å². The summed E-state index contributed by atoms with van der Waals surface area (Å²) in [6.45, 7) is 0. The Morgan fingerprint density at radius 1 is 1.30 bits per heavy atom. The van der Waals surface area contributed by atoms with Crippen molar-refractivity contribution in [2.45, 2.75) is 18.9 Å². The zero-order chi connectivity index (χ0) is 13.7. The van der Waals surface area contributed by atoms with E-state index in [4.69, 9.17) is 23.2 Å². The fourth-order valence-corrected chi connectivity index (χ4v) is 4.95. The van der Waals surface area contributed by atoms with Gasteiger partial charge >= 0.3 is 0 Å². The van der Waals surface area contributed by atoms with Crippen LogP contribution in [0.4, 0.5) is 5.69 Å². The quantitative estimate of drug-likeness (QED) is 0.641. The highest BCUT2D eigenvalue weighted by Gasteiger charge is 2.26. The van der Waals surface area contributed by atoms with Crippen LogP contribution in [0.1, 0.15) is 22.9 Å². The van der Waals surface area contributed by atoms with Crippen molar-refractivity contribution >= 4 is 61.8 Å². The lowest BCUT2D eigenvalue weighted by atomic mass is 10.1. The number of benzene rings is 1. The first kappa shape index (κ1) is 12.9. The van der Waals surface area contributed by atoms with E-state index in [-0.39, 0.29) is 6.04 Å². The van der Waals surface area contributed by atoms with Gasteiger partial charge in [-0.2, -0.15) is 0 Å². The second-order valence-corrected chi connectivity index (χ2v) is 7.85. The van der Waals surface area contributed by atoms with Gasteiger partial charge in [-0.05, 0) is 36.6 Å². The molecule has 2 aromatic heterocycles. The summed E-state index contributed by atoms with van der Waals surface area (Å²) in [5, 5.41) is 4.29. The summed E-state index contributed by atoms with van der Waals surface area (Å²) < 4.78 is 2.01. The van der Waals surface area contributed by atoms with Crippen LogP contribution < -0.4 is 5.32 Å². The van der Waals surface area contributed by atoms with E-state index in [2.05, 4.69) is 16.4 Å². The third kappa shape index (κ3) is 2.02. The van der Waals surface area contributed by atoms with Crippen LogP contribution in [0.25, 0.3) is 10.2 Å². The topological polar surface area (TPSA) is 24.9 Å². The van der Waals surface area contributed by atoms with Gasteiger partial charge in [0.2, 0.25) is 0 Å². The number of nitrogens with zero attached hydrogens (tertiary/aromatic N) is 1. The van der Waals surface area contributed by atoms with Gasteiger partial charge in [0.25, 0.3) is 0 Å². The Kier molecular flexibility index (Phi) is 3.15. The number of rotatable bonds is 2. The lowest BCUT2D eigenvalue weighted by molar-refractivity contribution is 0.763. The third-order valence-corrected chi connectivity index (χ3v) is 6.07. The molecule has 1 unspecified atom stereocenters. The maximum Gasteiger partial charge on any atom is 0.106 e. The van der Waals surface area contributed by atoms with Crippen LogP contribution >= 0.6 is 45.9 Å². The molecule has 1 aliphatic rings. The number of hydrogen-bond acceptors (Lipinski definition) is 4. The number of thiazole rings is 1. The van der Waals surface area contributed by atoms with E-state index in [9.17, 15) is 0 Å². The number of fused-ring (bicyclic) bond motifs is 2. The first-order valence-corrected chi connectivity index (χ1v) is 8.74. The van der Waals surface area contributed by atoms with E-state index in [0.29, 0.717) is 0 Å². The van der Waals surface area contributed by atoms with Crippen molar-refractivity contribution in [3.05, 3.63) is 43.5 Å². The Morgan fingerprint density at radius 2 is 2.20 bits per heavy atom. The first-order chi connectivity index (χ1) is 9.72. The highest BCUT2D eigenvalue weighted by Crippen LogP contribution is 2.43. The van der Waals surface area contributed by atoms with E-state index in [1.165, 1.54) is 10.4 Å². The summed E-state index contributed by atoms with van der Waals surface area (Å²) in [7, 11) is 0. The van der Waals surface area contributed by atoms with Crippen molar-refractivity contribution in [1.82, 2.24) is 4.98 Å². The Morgan fingerprint density at radius 3 is 3.10 bits per heavy atom. The van der Waals surface area contributed by atoms with Gasteiger partial charge in [-0.15, -0.1) is 22.7 Å². The van der Waals surface area contributed by atoms with Crippen molar-refractivity contribution in [3.63, 3.8) is 0 Å². The summed E-state index contributed by atoms with van der Waals surface area (Å²) in [5.74, 6) is 0. The summed E-state index contributed by atoms with van der Waals surface area (Å²) in [5.41, 5.74) is 5.06. The predicted molar refractivity (Wildman–Crippen MR) is 88.6 cm³/mol. The highest BCUT2D eigenvalue weighted by molar-refractivity contribution is 7.17. The lowest BCUT2D eigenvalue weighted by Crippen LogP contribution is -2.07. The predicted octanol–water partition coefficient (Wildman–Crippen LogP) is 5.76. The fourth-order valence-electron chi connectivity index (χ4n) is 2.70. The van der Waals surface area contributed by atoms with Crippen molar-refractivity contribution in [1.29, 1.82) is 0 Å². The van der Waals surface area contributed by atoms with E-state index in [1.54, 1.807) is 22.7 Å². The fraction of sp³-hybridized carbons (Fsp3) is 0.214. The van der Waals surface area contributed by atoms with Gasteiger partial charge in [-0.1, -0.05) is 23.2 Å². The number of aryl methyl sites for hydroxylation is 1. The van der Waals surface area contributed by atoms with Gasteiger partial charge in [-0.3, -0.25) is 0 Å². The minimum absolute atomic E-state index is 0.276. The molecule has 1 atom stereocenters. The van der Waals surface area contributed by atoms with Gasteiger partial charge in [0, 0.05) is 4.88 Å². The number of thiophene rings is 1. The maximum absolute atomic E-state index is 6.35. The molecule has 3 aromatic rings. The summed E-state index contributed by atoms with van der Waals surface area (Å²) in [6, 6.07) is 6.29. The van der Waals surface area contributed by atoms with Crippen molar-refractivity contribution in [3.8, 4) is 0 Å². The van der Waals surface area contributed by atoms with Crippen molar-refractivity contribution in [2.75, 3.05) is 5.32 Å². The average Bonchev–Trinajstić information content (AvgIpc) is 3.09. The summed E-state index contributed by atoms with van der Waals surface area (Å²) in [6.07, 6.45) is 2.16. The van der Waals surface area contributed by atoms with Crippen LogP contribution in [0.15, 0.2) is 23.7 Å². The smallest absolute Gasteiger partial charge is 0.106 e. The van der Waals surface area contributed by atoms with Crippen molar-refractivity contribution < 1.29 is 0 Å². The molecule has 0 amide bonds. The minimum atomic E-state index is 0.276. The van der Waals surface area contributed by atoms with Crippen LogP contribution in [0, 0.1) is 0 Å². The van der Waals surface area contributed by atoms with Crippen LogP contribution in [0.5, 0.6) is 0 Å². The number of halogens is 2. The zero-order valence-corrected chi connectivity index (χ0v) is 13.5. The highest BCUT2D eigenvalue weighted by atomic mass is 35.5. The molecule has 0 aliphatic heterocycles. The molecule has 2 nitrogen and oxygen atoms in total. The number of hydrogen-bond donors (Lipinski definition) is 1. The molecule has 4 rings (SSSR count). The normalized spacial score (nSPS) is 17.6. The molecule has 102 valence electrons. The molecule has 0 fully saturated rings. The van der Waals surface area contributed by atoms with Crippen LogP contribution in [-0.4, -0.2) is 4.98 Å². The second-order valence-electron chi connectivity index (χ2n) is 4.79. The molecule has 0 saturated heterocycles. The molecule has 20 heavy (non-hydrogen) atoms. The molecule has 1 aliphatic carbocycles. The molecular formula is C14H10Cl2N2S2. The van der Waals surface area contributed by atoms with Gasteiger partial charge in [-0.25, -0.2) is 4.98 Å². The summed E-state index contributed by atoms with van der Waals surface area (Å²) >= 11 is 15.8. The lowest BCUT2D eigenvalue weighted by Gasteiger charge is -2.16. The Bertz CT molecular complexity index is 794. The van der Waals surface area contributed by atoms with E-state index in [0.717, 1.165) is 38.1 Å². The van der Waals surface area contributed by atoms with E-state index < -0.39 is 0 Å². The molecule has 6 heteroatoms. The molecule has 0 saturated carbocycles. The molecule has 2 heterocycles. The van der Waals surface area contributed by atoms with Crippen LogP contribution in [0.2, 0.25) is 9.36 Å². The molecule has 0 bridgehead atoms. The number of nitrogens with one attached hydrogen (secondary N) is 1. The molecular weight excluding hydrogens is 331 g/mol. The number of anilines is 1. The van der Waals surface area contributed by atoms with Gasteiger partial charge < -0.3 is 5.32 Å². The SMILES string of the molecule is Clc1cc2c(s1)CCC2Nc1c(Cl)ccc2scnc12. The third-order valence-electron chi connectivity index (χ3n) is 3.62. The van der Waals surface area contributed by atoms with Crippen LogP contribution in [-0.2, 0) is 6.42 Å². The Balaban J connectivity index is 1.75. The molecule has 0 spiro atoms. The van der Waals surface area contributed by atoms with E-state index >= 15 is 0 Å². The van der Waals surface area contributed by atoms with E-state index in [1.807, 2.05) is 17.6 Å². The Labute approximate surface area is 134 Å². The minimum Gasteiger partial charge on any atom is -0.375 e. The molecule has 0 radical (unpaired) electrons. The molecule has 1 aromatic carbocycles. The van der Waals surface area contributed by atoms with Crippen LogP contribution in [0.3, 0.4) is 0 Å². The second kappa shape index (κ2) is 4.88. The standard InChI is InChI=1S/C14H10Cl2N2S2/c15-8-1-3-11-14(17-6-19-11)13(8)18-9-2-4-10-7(9)5-12(16)20-10/h1,3,5-6,9,18H,2,4H2. The maximum atomic E-state index is 6.35. The number of aromatic nitrogens is 1. The summed E-state index contributed by atoms with van der Waals surface area (Å²) in [4.78, 5) is 5.81. The Hall–Kier alpha value is -0.810. The molecule has 1 N–H and O–H groups in total. The largest absolute Gasteiger partial charge is 0.375 e. The monoisotopic (exact) mass is 340 g/mol. The van der Waals surface area contributed by atoms with Gasteiger partial charge in [0.1, 0.15) is 5.52 Å². The van der Waals surface area contributed by atoms with Gasteiger partial charge in [0.15, 0.2) is 0 Å².